The van der Waals surface area contributed by atoms with Gasteiger partial charge in [-0.3, -0.25) is 4.79 Å². The van der Waals surface area contributed by atoms with Crippen LogP contribution in [0.3, 0.4) is 0 Å². The summed E-state index contributed by atoms with van der Waals surface area (Å²) in [6.07, 6.45) is 0.417. The van der Waals surface area contributed by atoms with Gasteiger partial charge < -0.3 is 10.4 Å². The molecule has 112 valence electrons. The van der Waals surface area contributed by atoms with Crippen molar-refractivity contribution in [3.63, 3.8) is 0 Å². The lowest BCUT2D eigenvalue weighted by Crippen LogP contribution is -2.60. The largest absolute Gasteiger partial charge is 0.383 e. The maximum absolute atomic E-state index is 13.9. The first-order chi connectivity index (χ1) is 9.92. The third-order valence-corrected chi connectivity index (χ3v) is 4.83. The van der Waals surface area contributed by atoms with E-state index in [1.807, 2.05) is 24.3 Å². The molecule has 1 fully saturated rings. The third-order valence-electron chi connectivity index (χ3n) is 3.79. The molecule has 1 aromatic carbocycles. The Kier molecular flexibility index (Phi) is 3.41. The van der Waals surface area contributed by atoms with E-state index >= 15 is 0 Å². The van der Waals surface area contributed by atoms with Crippen LogP contribution in [-0.2, 0) is 11.3 Å². The predicted molar refractivity (Wildman–Crippen MR) is 75.2 cm³/mol. The lowest BCUT2D eigenvalue weighted by Gasteiger charge is -2.41. The zero-order valence-electron chi connectivity index (χ0n) is 11.1. The molecule has 1 aliphatic carbocycles. The van der Waals surface area contributed by atoms with E-state index in [1.165, 1.54) is 11.3 Å². The maximum atomic E-state index is 13.9. The van der Waals surface area contributed by atoms with Gasteiger partial charge in [-0.2, -0.15) is 8.78 Å². The Morgan fingerprint density at radius 2 is 2.14 bits per heavy atom. The van der Waals surface area contributed by atoms with Crippen molar-refractivity contribution in [2.24, 2.45) is 0 Å². The van der Waals surface area contributed by atoms with Gasteiger partial charge >= 0.3 is 5.92 Å². The summed E-state index contributed by atoms with van der Waals surface area (Å²) in [5.74, 6) is -5.20. The topological polar surface area (TPSA) is 62.2 Å². The van der Waals surface area contributed by atoms with E-state index in [0.29, 0.717) is 11.4 Å². The molecule has 1 heterocycles. The van der Waals surface area contributed by atoms with Gasteiger partial charge in [-0.15, -0.1) is 11.3 Å². The van der Waals surface area contributed by atoms with Gasteiger partial charge in [0.05, 0.1) is 16.8 Å². The summed E-state index contributed by atoms with van der Waals surface area (Å²) in [6, 6.07) is 7.40. The molecule has 1 saturated carbocycles. The van der Waals surface area contributed by atoms with Crippen LogP contribution in [0.25, 0.3) is 10.2 Å². The normalized spacial score (nSPS) is 17.5. The third kappa shape index (κ3) is 2.40. The number of fused-ring (bicyclic) bond motifs is 1. The molecule has 4 nitrogen and oxygen atoms in total. The number of benzene rings is 1. The Morgan fingerprint density at radius 1 is 1.43 bits per heavy atom. The predicted octanol–water partition coefficient (Wildman–Crippen LogP) is 2.46. The minimum atomic E-state index is -3.76. The molecular weight excluding hydrogens is 298 g/mol. The molecule has 1 aliphatic rings. The maximum Gasteiger partial charge on any atom is 0.352 e. The van der Waals surface area contributed by atoms with Crippen molar-refractivity contribution in [2.45, 2.75) is 37.3 Å². The SMILES string of the molecule is O=C(NCc1nc2ccccc2s1)C(F)(F)C1(O)CCC1. The molecule has 2 aromatic rings. The number of carbonyl (C=O) groups is 1. The fraction of sp³-hybridized carbons (Fsp3) is 0.429. The lowest BCUT2D eigenvalue weighted by molar-refractivity contribution is -0.216. The summed E-state index contributed by atoms with van der Waals surface area (Å²) < 4.78 is 28.7. The molecule has 1 aromatic heterocycles. The van der Waals surface area contributed by atoms with Crippen LogP contribution in [0.5, 0.6) is 0 Å². The van der Waals surface area contributed by atoms with Crippen molar-refractivity contribution in [3.8, 4) is 0 Å². The lowest BCUT2D eigenvalue weighted by atomic mass is 9.75. The van der Waals surface area contributed by atoms with Crippen LogP contribution in [0, 0.1) is 0 Å². The van der Waals surface area contributed by atoms with Crippen molar-refractivity contribution in [1.82, 2.24) is 10.3 Å². The van der Waals surface area contributed by atoms with Gasteiger partial charge in [0, 0.05) is 0 Å². The van der Waals surface area contributed by atoms with Crippen LogP contribution in [0.1, 0.15) is 24.3 Å². The van der Waals surface area contributed by atoms with Gasteiger partial charge in [-0.1, -0.05) is 12.1 Å². The van der Waals surface area contributed by atoms with E-state index in [2.05, 4.69) is 10.3 Å². The van der Waals surface area contributed by atoms with Crippen LogP contribution in [0.4, 0.5) is 8.78 Å². The average molecular weight is 312 g/mol. The molecule has 0 spiro atoms. The molecule has 0 atom stereocenters. The molecule has 1 amide bonds. The molecule has 21 heavy (non-hydrogen) atoms. The summed E-state index contributed by atoms with van der Waals surface area (Å²) >= 11 is 1.34. The number of para-hydroxylation sites is 1. The van der Waals surface area contributed by atoms with Gasteiger partial charge in [0.2, 0.25) is 0 Å². The number of carbonyl (C=O) groups excluding carboxylic acids is 1. The summed E-state index contributed by atoms with van der Waals surface area (Å²) in [5.41, 5.74) is -1.42. The van der Waals surface area contributed by atoms with E-state index in [4.69, 9.17) is 0 Å². The fourth-order valence-corrected chi connectivity index (χ4v) is 3.21. The molecule has 2 N–H and O–H groups in total. The number of rotatable bonds is 4. The van der Waals surface area contributed by atoms with Crippen molar-refractivity contribution in [2.75, 3.05) is 0 Å². The first kappa shape index (κ1) is 14.3. The highest BCUT2D eigenvalue weighted by Crippen LogP contribution is 2.44. The van der Waals surface area contributed by atoms with E-state index in [1.54, 1.807) is 0 Å². The standard InChI is InChI=1S/C14H14F2N2O2S/c15-14(16,13(20)6-3-7-13)12(19)17-8-11-18-9-4-1-2-5-10(9)21-11/h1-2,4-5,20H,3,6-8H2,(H,17,19). The Morgan fingerprint density at radius 3 is 2.76 bits per heavy atom. The molecule has 0 aliphatic heterocycles. The zero-order chi connectivity index (χ0) is 15.1. The summed E-state index contributed by atoms with van der Waals surface area (Å²) in [6.45, 7) is -0.0656. The van der Waals surface area contributed by atoms with Crippen LogP contribution in [0.15, 0.2) is 24.3 Å². The van der Waals surface area contributed by atoms with E-state index in [-0.39, 0.29) is 19.4 Å². The number of hydrogen-bond donors (Lipinski definition) is 2. The molecule has 0 unspecified atom stereocenters. The Balaban J connectivity index is 1.68. The van der Waals surface area contributed by atoms with E-state index in [0.717, 1.165) is 10.2 Å². The molecular formula is C14H14F2N2O2S. The van der Waals surface area contributed by atoms with E-state index in [9.17, 15) is 18.7 Å². The van der Waals surface area contributed by atoms with Gasteiger partial charge in [0.25, 0.3) is 5.91 Å². The number of hydrogen-bond acceptors (Lipinski definition) is 4. The fourth-order valence-electron chi connectivity index (χ4n) is 2.30. The number of nitrogens with one attached hydrogen (secondary N) is 1. The van der Waals surface area contributed by atoms with Crippen molar-refractivity contribution >= 4 is 27.5 Å². The number of aromatic nitrogens is 1. The van der Waals surface area contributed by atoms with Gasteiger partial charge in [0.15, 0.2) is 0 Å². The van der Waals surface area contributed by atoms with Crippen molar-refractivity contribution < 1.29 is 18.7 Å². The first-order valence-corrected chi connectivity index (χ1v) is 7.47. The number of amides is 1. The van der Waals surface area contributed by atoms with Crippen LogP contribution >= 0.6 is 11.3 Å². The molecule has 7 heteroatoms. The van der Waals surface area contributed by atoms with Crippen LogP contribution in [-0.4, -0.2) is 27.5 Å². The van der Waals surface area contributed by atoms with Gasteiger partial charge in [-0.05, 0) is 31.4 Å². The summed E-state index contributed by atoms with van der Waals surface area (Å²) in [7, 11) is 0. The van der Waals surface area contributed by atoms with E-state index < -0.39 is 17.4 Å². The molecule has 3 rings (SSSR count). The number of alkyl halides is 2. The monoisotopic (exact) mass is 312 g/mol. The summed E-state index contributed by atoms with van der Waals surface area (Å²) in [4.78, 5) is 15.9. The van der Waals surface area contributed by atoms with Crippen LogP contribution in [0.2, 0.25) is 0 Å². The molecule has 0 radical (unpaired) electrons. The molecule has 0 bridgehead atoms. The Bertz CT molecular complexity index is 649. The minimum Gasteiger partial charge on any atom is -0.383 e. The quantitative estimate of drug-likeness (QED) is 0.911. The van der Waals surface area contributed by atoms with Crippen LogP contribution < -0.4 is 5.32 Å². The van der Waals surface area contributed by atoms with Crippen molar-refractivity contribution in [1.29, 1.82) is 0 Å². The second-order valence-electron chi connectivity index (χ2n) is 5.22. The van der Waals surface area contributed by atoms with Crippen molar-refractivity contribution in [3.05, 3.63) is 29.3 Å². The highest BCUT2D eigenvalue weighted by atomic mass is 32.1. The highest BCUT2D eigenvalue weighted by molar-refractivity contribution is 7.18. The molecule has 0 saturated heterocycles. The first-order valence-electron chi connectivity index (χ1n) is 6.65. The second-order valence-corrected chi connectivity index (χ2v) is 6.33. The number of aliphatic hydroxyl groups is 1. The smallest absolute Gasteiger partial charge is 0.352 e. The zero-order valence-corrected chi connectivity index (χ0v) is 11.9. The highest BCUT2D eigenvalue weighted by Gasteiger charge is 2.61. The Hall–Kier alpha value is -1.60. The minimum absolute atomic E-state index is 0.0471. The number of halogens is 2. The van der Waals surface area contributed by atoms with Gasteiger partial charge in [-0.25, -0.2) is 4.98 Å². The second kappa shape index (κ2) is 4.99. The summed E-state index contributed by atoms with van der Waals surface area (Å²) in [5, 5.41) is 12.4. The Labute approximate surface area is 123 Å². The number of thiazole rings is 1. The van der Waals surface area contributed by atoms with Gasteiger partial charge in [0.1, 0.15) is 10.6 Å². The average Bonchev–Trinajstić information content (AvgIpc) is 2.84. The number of nitrogens with zero attached hydrogens (tertiary/aromatic N) is 1.